The van der Waals surface area contributed by atoms with Gasteiger partial charge in [-0.15, -0.1) is 0 Å². The number of pyridine rings is 1. The van der Waals surface area contributed by atoms with Gasteiger partial charge in [0.25, 0.3) is 0 Å². The number of aromatic nitrogens is 1. The monoisotopic (exact) mass is 378 g/mol. The van der Waals surface area contributed by atoms with Gasteiger partial charge in [0, 0.05) is 28.8 Å². The lowest BCUT2D eigenvalue weighted by Gasteiger charge is -2.23. The Morgan fingerprint density at radius 2 is 2.00 bits per heavy atom. The minimum atomic E-state index is -0.281. The third kappa shape index (κ3) is 3.99. The predicted octanol–water partition coefficient (Wildman–Crippen LogP) is 4.73. The van der Waals surface area contributed by atoms with E-state index < -0.39 is 0 Å². The molecule has 0 saturated carbocycles. The molecule has 1 N–H and O–H groups in total. The van der Waals surface area contributed by atoms with Crippen LogP contribution < -0.4 is 5.32 Å². The number of rotatable bonds is 3. The van der Waals surface area contributed by atoms with Crippen LogP contribution >= 0.6 is 0 Å². The Hall–Kier alpha value is -2.53. The van der Waals surface area contributed by atoms with Gasteiger partial charge in [0.05, 0.1) is 12.3 Å². The van der Waals surface area contributed by atoms with Gasteiger partial charge in [0.15, 0.2) is 0 Å². The lowest BCUT2D eigenvalue weighted by molar-refractivity contribution is 0.425. The summed E-state index contributed by atoms with van der Waals surface area (Å²) in [5.74, 6) is 0.132. The summed E-state index contributed by atoms with van der Waals surface area (Å²) in [5.41, 5.74) is 5.40. The van der Waals surface area contributed by atoms with Gasteiger partial charge >= 0.3 is 0 Å². The fourth-order valence-electron chi connectivity index (χ4n) is 3.95. The summed E-state index contributed by atoms with van der Waals surface area (Å²) in [5, 5.41) is 10.8. The Balaban J connectivity index is 1.71. The Morgan fingerprint density at radius 1 is 1.21 bits per heavy atom. The molecule has 0 atom stereocenters. The highest BCUT2D eigenvalue weighted by Crippen LogP contribution is 2.27. The van der Waals surface area contributed by atoms with Crippen molar-refractivity contribution in [3.63, 3.8) is 0 Å². The Bertz CT molecular complexity index is 980. The first kappa shape index (κ1) is 18.8. The number of nitrogens with one attached hydrogen (secondary N) is 1. The van der Waals surface area contributed by atoms with E-state index in [1.54, 1.807) is 6.07 Å². The summed E-state index contributed by atoms with van der Waals surface area (Å²) in [6.45, 7) is 8.92. The first-order chi connectivity index (χ1) is 13.5. The molecule has 1 aromatic carbocycles. The van der Waals surface area contributed by atoms with E-state index in [0.717, 1.165) is 54.8 Å². The molecular formula is C23H27FN4. The lowest BCUT2D eigenvalue weighted by atomic mass is 9.93. The molecule has 5 heteroatoms. The van der Waals surface area contributed by atoms with Crippen LogP contribution in [0.15, 0.2) is 52.8 Å². The van der Waals surface area contributed by atoms with Crippen molar-refractivity contribution < 1.29 is 4.39 Å². The van der Waals surface area contributed by atoms with E-state index >= 15 is 0 Å². The van der Waals surface area contributed by atoms with Crippen LogP contribution in [0.2, 0.25) is 0 Å². The molecule has 2 aliphatic rings. The number of hydrogen-bond acceptors (Lipinski definition) is 4. The molecule has 0 unspecified atom stereocenters. The predicted molar refractivity (Wildman–Crippen MR) is 113 cm³/mol. The van der Waals surface area contributed by atoms with Gasteiger partial charge in [-0.2, -0.15) is 5.10 Å². The van der Waals surface area contributed by atoms with Crippen molar-refractivity contribution >= 4 is 16.6 Å². The zero-order valence-corrected chi connectivity index (χ0v) is 16.8. The van der Waals surface area contributed by atoms with E-state index in [-0.39, 0.29) is 5.82 Å². The standard InChI is InChI=1S/C23H27FN4/c1-15(2)13-28-14-16(3)10-22(27-28)19-11-18-4-5-21(17-6-8-25-9-7-17)26-23(18)20(24)12-19/h4-5,10-13,17,25H,6-9,14H2,1-3H3. The lowest BCUT2D eigenvalue weighted by Crippen LogP contribution is -2.27. The van der Waals surface area contributed by atoms with Gasteiger partial charge in [-0.25, -0.2) is 9.37 Å². The molecule has 28 heavy (non-hydrogen) atoms. The Kier molecular flexibility index (Phi) is 5.27. The van der Waals surface area contributed by atoms with E-state index in [1.807, 2.05) is 43.3 Å². The number of benzene rings is 1. The first-order valence-corrected chi connectivity index (χ1v) is 9.98. The fraction of sp³-hybridized carbons (Fsp3) is 0.391. The minimum Gasteiger partial charge on any atom is -0.317 e. The van der Waals surface area contributed by atoms with Crippen molar-refractivity contribution in [2.24, 2.45) is 5.10 Å². The van der Waals surface area contributed by atoms with Gasteiger partial charge in [-0.3, -0.25) is 5.01 Å². The maximum absolute atomic E-state index is 15.0. The van der Waals surface area contributed by atoms with Crippen molar-refractivity contribution in [3.05, 3.63) is 64.8 Å². The molecule has 0 radical (unpaired) electrons. The van der Waals surface area contributed by atoms with Crippen molar-refractivity contribution in [1.29, 1.82) is 0 Å². The van der Waals surface area contributed by atoms with Crippen molar-refractivity contribution in [2.45, 2.75) is 39.5 Å². The smallest absolute Gasteiger partial charge is 0.150 e. The van der Waals surface area contributed by atoms with Crippen LogP contribution in [-0.4, -0.2) is 35.3 Å². The molecule has 0 bridgehead atoms. The number of allylic oxidation sites excluding steroid dienone is 2. The molecule has 2 aliphatic heterocycles. The molecule has 146 valence electrons. The number of hydrogen-bond donors (Lipinski definition) is 1. The number of piperidine rings is 1. The van der Waals surface area contributed by atoms with Crippen LogP contribution in [0.4, 0.5) is 4.39 Å². The van der Waals surface area contributed by atoms with E-state index in [2.05, 4.69) is 28.4 Å². The second kappa shape index (κ2) is 7.84. The summed E-state index contributed by atoms with van der Waals surface area (Å²) in [6, 6.07) is 7.61. The van der Waals surface area contributed by atoms with Gasteiger partial charge in [0.1, 0.15) is 11.3 Å². The van der Waals surface area contributed by atoms with Crippen LogP contribution in [0, 0.1) is 5.82 Å². The fourth-order valence-corrected chi connectivity index (χ4v) is 3.95. The quantitative estimate of drug-likeness (QED) is 0.839. The maximum Gasteiger partial charge on any atom is 0.150 e. The van der Waals surface area contributed by atoms with Crippen molar-refractivity contribution in [1.82, 2.24) is 15.3 Å². The average molecular weight is 378 g/mol. The highest BCUT2D eigenvalue weighted by Gasteiger charge is 2.19. The normalized spacial score (nSPS) is 18.1. The van der Waals surface area contributed by atoms with E-state index in [0.29, 0.717) is 11.4 Å². The molecule has 2 aromatic rings. The molecule has 4 rings (SSSR count). The summed E-state index contributed by atoms with van der Waals surface area (Å²) < 4.78 is 15.0. The molecule has 1 saturated heterocycles. The molecular weight excluding hydrogens is 351 g/mol. The second-order valence-electron chi connectivity index (χ2n) is 8.07. The van der Waals surface area contributed by atoms with Gasteiger partial charge < -0.3 is 5.32 Å². The molecule has 3 heterocycles. The molecule has 0 amide bonds. The zero-order chi connectivity index (χ0) is 19.7. The summed E-state index contributed by atoms with van der Waals surface area (Å²) in [7, 11) is 0. The van der Waals surface area contributed by atoms with Gasteiger partial charge in [-0.1, -0.05) is 11.6 Å². The number of fused-ring (bicyclic) bond motifs is 1. The summed E-state index contributed by atoms with van der Waals surface area (Å²) >= 11 is 0. The van der Waals surface area contributed by atoms with Gasteiger partial charge in [-0.05, 0) is 76.6 Å². The van der Waals surface area contributed by atoms with Crippen LogP contribution in [0.3, 0.4) is 0 Å². The largest absolute Gasteiger partial charge is 0.317 e. The molecule has 0 spiro atoms. The topological polar surface area (TPSA) is 40.5 Å². The maximum atomic E-state index is 15.0. The molecule has 0 aliphatic carbocycles. The highest BCUT2D eigenvalue weighted by atomic mass is 19.1. The van der Waals surface area contributed by atoms with E-state index in [1.165, 1.54) is 11.1 Å². The van der Waals surface area contributed by atoms with Crippen molar-refractivity contribution in [2.75, 3.05) is 19.6 Å². The number of halogens is 1. The SMILES string of the molecule is CC(C)=CN1CC(C)=CC(c2cc(F)c3nc(C4CCNCC4)ccc3c2)=N1. The molecule has 4 nitrogen and oxygen atoms in total. The minimum absolute atomic E-state index is 0.281. The van der Waals surface area contributed by atoms with Crippen LogP contribution in [0.25, 0.3) is 10.9 Å². The first-order valence-electron chi connectivity index (χ1n) is 9.98. The van der Waals surface area contributed by atoms with E-state index in [9.17, 15) is 4.39 Å². The number of hydrazone groups is 1. The Morgan fingerprint density at radius 3 is 2.75 bits per heavy atom. The zero-order valence-electron chi connectivity index (χ0n) is 16.8. The summed E-state index contributed by atoms with van der Waals surface area (Å²) in [4.78, 5) is 4.68. The third-order valence-corrected chi connectivity index (χ3v) is 5.26. The summed E-state index contributed by atoms with van der Waals surface area (Å²) in [6.07, 6.45) is 6.16. The highest BCUT2D eigenvalue weighted by molar-refractivity contribution is 6.11. The van der Waals surface area contributed by atoms with Crippen LogP contribution in [0.1, 0.15) is 50.8 Å². The molecule has 1 fully saturated rings. The Labute approximate surface area is 165 Å². The average Bonchev–Trinajstić information content (AvgIpc) is 2.67. The second-order valence-corrected chi connectivity index (χ2v) is 8.07. The van der Waals surface area contributed by atoms with Gasteiger partial charge in [0.2, 0.25) is 0 Å². The molecule has 1 aromatic heterocycles. The third-order valence-electron chi connectivity index (χ3n) is 5.26. The number of nitrogens with zero attached hydrogens (tertiary/aromatic N) is 3. The van der Waals surface area contributed by atoms with Crippen LogP contribution in [0.5, 0.6) is 0 Å². The van der Waals surface area contributed by atoms with Crippen molar-refractivity contribution in [3.8, 4) is 0 Å². The van der Waals surface area contributed by atoms with Crippen LogP contribution in [-0.2, 0) is 0 Å². The van der Waals surface area contributed by atoms with E-state index in [4.69, 9.17) is 0 Å².